The Balaban J connectivity index is 1.64. The van der Waals surface area contributed by atoms with E-state index in [0.717, 1.165) is 31.9 Å². The first-order valence-electron chi connectivity index (χ1n) is 7.60. The Morgan fingerprint density at radius 2 is 1.52 bits per heavy atom. The van der Waals surface area contributed by atoms with Crippen LogP contribution in [0.5, 0.6) is 5.75 Å². The van der Waals surface area contributed by atoms with E-state index in [1.807, 2.05) is 6.07 Å². The molecule has 1 N–H and O–H groups in total. The standard InChI is InChI=1S/C18H22N2O/c1-15(20-13-11-19-12-14-20)21-18-9-7-17(8-10-18)16-5-3-2-4-6-16/h2-10,15,19H,11-14H2,1H3. The highest BCUT2D eigenvalue weighted by Gasteiger charge is 2.17. The Labute approximate surface area is 126 Å². The fourth-order valence-electron chi connectivity index (χ4n) is 2.67. The predicted molar refractivity (Wildman–Crippen MR) is 86.4 cm³/mol. The number of nitrogens with one attached hydrogen (secondary N) is 1. The van der Waals surface area contributed by atoms with Gasteiger partial charge in [-0.05, 0) is 30.2 Å². The number of hydrogen-bond acceptors (Lipinski definition) is 3. The van der Waals surface area contributed by atoms with Crippen LogP contribution in [-0.4, -0.2) is 37.3 Å². The van der Waals surface area contributed by atoms with Crippen molar-refractivity contribution in [1.29, 1.82) is 0 Å². The lowest BCUT2D eigenvalue weighted by Gasteiger charge is -2.32. The lowest BCUT2D eigenvalue weighted by Crippen LogP contribution is -2.49. The molecule has 3 heteroatoms. The summed E-state index contributed by atoms with van der Waals surface area (Å²) in [6, 6.07) is 18.8. The van der Waals surface area contributed by atoms with E-state index in [0.29, 0.717) is 0 Å². The summed E-state index contributed by atoms with van der Waals surface area (Å²) in [6.45, 7) is 6.30. The first kappa shape index (κ1) is 14.1. The van der Waals surface area contributed by atoms with Gasteiger partial charge in [0.1, 0.15) is 12.0 Å². The molecule has 1 fully saturated rings. The minimum atomic E-state index is 0.120. The molecule has 0 amide bonds. The molecular weight excluding hydrogens is 260 g/mol. The molecule has 1 saturated heterocycles. The summed E-state index contributed by atoms with van der Waals surface area (Å²) in [5, 5.41) is 3.36. The molecule has 0 bridgehead atoms. The molecule has 1 atom stereocenters. The summed E-state index contributed by atoms with van der Waals surface area (Å²) in [4.78, 5) is 2.36. The van der Waals surface area contributed by atoms with Gasteiger partial charge in [-0.15, -0.1) is 0 Å². The van der Waals surface area contributed by atoms with E-state index < -0.39 is 0 Å². The van der Waals surface area contributed by atoms with E-state index in [9.17, 15) is 0 Å². The Kier molecular flexibility index (Phi) is 4.53. The fourth-order valence-corrected chi connectivity index (χ4v) is 2.67. The lowest BCUT2D eigenvalue weighted by molar-refractivity contribution is 0.0312. The van der Waals surface area contributed by atoms with Gasteiger partial charge in [-0.3, -0.25) is 4.90 Å². The van der Waals surface area contributed by atoms with E-state index >= 15 is 0 Å². The van der Waals surface area contributed by atoms with Gasteiger partial charge in [0.2, 0.25) is 0 Å². The van der Waals surface area contributed by atoms with Crippen LogP contribution in [0.15, 0.2) is 54.6 Å². The highest BCUT2D eigenvalue weighted by atomic mass is 16.5. The van der Waals surface area contributed by atoms with Gasteiger partial charge in [-0.1, -0.05) is 42.5 Å². The molecule has 3 rings (SSSR count). The second-order valence-corrected chi connectivity index (χ2v) is 5.39. The summed E-state index contributed by atoms with van der Waals surface area (Å²) in [6.07, 6.45) is 0.120. The number of nitrogens with zero attached hydrogens (tertiary/aromatic N) is 1. The Morgan fingerprint density at radius 3 is 2.19 bits per heavy atom. The summed E-state index contributed by atoms with van der Waals surface area (Å²) < 4.78 is 6.04. The zero-order valence-electron chi connectivity index (χ0n) is 12.5. The Bertz CT molecular complexity index is 547. The number of ether oxygens (including phenoxy) is 1. The van der Waals surface area contributed by atoms with Gasteiger partial charge >= 0.3 is 0 Å². The van der Waals surface area contributed by atoms with Gasteiger partial charge in [-0.2, -0.15) is 0 Å². The van der Waals surface area contributed by atoms with Crippen LogP contribution >= 0.6 is 0 Å². The van der Waals surface area contributed by atoms with E-state index in [1.165, 1.54) is 11.1 Å². The molecular formula is C18H22N2O. The van der Waals surface area contributed by atoms with Crippen molar-refractivity contribution in [1.82, 2.24) is 10.2 Å². The average Bonchev–Trinajstić information content (AvgIpc) is 2.57. The molecule has 0 radical (unpaired) electrons. The maximum atomic E-state index is 6.04. The third-order valence-electron chi connectivity index (χ3n) is 3.93. The van der Waals surface area contributed by atoms with Crippen molar-refractivity contribution in [3.8, 4) is 16.9 Å². The van der Waals surface area contributed by atoms with Crippen LogP contribution in [-0.2, 0) is 0 Å². The highest BCUT2D eigenvalue weighted by molar-refractivity contribution is 5.63. The number of benzene rings is 2. The van der Waals surface area contributed by atoms with Crippen LogP contribution < -0.4 is 10.1 Å². The van der Waals surface area contributed by atoms with Crippen molar-refractivity contribution in [3.63, 3.8) is 0 Å². The van der Waals surface area contributed by atoms with E-state index in [1.54, 1.807) is 0 Å². The van der Waals surface area contributed by atoms with Crippen LogP contribution in [0.1, 0.15) is 6.92 Å². The monoisotopic (exact) mass is 282 g/mol. The van der Waals surface area contributed by atoms with Crippen molar-refractivity contribution in [2.24, 2.45) is 0 Å². The van der Waals surface area contributed by atoms with E-state index in [-0.39, 0.29) is 6.23 Å². The van der Waals surface area contributed by atoms with Gasteiger partial charge in [0, 0.05) is 26.2 Å². The molecule has 0 saturated carbocycles. The molecule has 0 aliphatic carbocycles. The molecule has 0 spiro atoms. The van der Waals surface area contributed by atoms with Gasteiger partial charge in [0.15, 0.2) is 0 Å². The summed E-state index contributed by atoms with van der Waals surface area (Å²) in [5.41, 5.74) is 2.46. The largest absolute Gasteiger partial charge is 0.475 e. The quantitative estimate of drug-likeness (QED) is 0.933. The molecule has 1 unspecified atom stereocenters. The number of hydrogen-bond donors (Lipinski definition) is 1. The third kappa shape index (κ3) is 3.63. The summed E-state index contributed by atoms with van der Waals surface area (Å²) >= 11 is 0. The van der Waals surface area contributed by atoms with Crippen LogP contribution in [0.4, 0.5) is 0 Å². The molecule has 21 heavy (non-hydrogen) atoms. The van der Waals surface area contributed by atoms with Crippen LogP contribution in [0.25, 0.3) is 11.1 Å². The van der Waals surface area contributed by atoms with Crippen molar-refractivity contribution in [2.75, 3.05) is 26.2 Å². The second-order valence-electron chi connectivity index (χ2n) is 5.39. The topological polar surface area (TPSA) is 24.5 Å². The van der Waals surface area contributed by atoms with Gasteiger partial charge in [0.25, 0.3) is 0 Å². The van der Waals surface area contributed by atoms with Gasteiger partial charge in [0.05, 0.1) is 0 Å². The predicted octanol–water partition coefficient (Wildman–Crippen LogP) is 2.98. The second kappa shape index (κ2) is 6.74. The van der Waals surface area contributed by atoms with Crippen molar-refractivity contribution < 1.29 is 4.74 Å². The lowest BCUT2D eigenvalue weighted by atomic mass is 10.1. The molecule has 3 nitrogen and oxygen atoms in total. The van der Waals surface area contributed by atoms with Crippen LogP contribution in [0, 0.1) is 0 Å². The third-order valence-corrected chi connectivity index (χ3v) is 3.93. The normalized spacial score (nSPS) is 17.4. The number of rotatable bonds is 4. The molecule has 1 aliphatic heterocycles. The average molecular weight is 282 g/mol. The molecule has 1 aliphatic rings. The maximum Gasteiger partial charge on any atom is 0.149 e. The van der Waals surface area contributed by atoms with Gasteiger partial charge in [-0.25, -0.2) is 0 Å². The highest BCUT2D eigenvalue weighted by Crippen LogP contribution is 2.23. The molecule has 2 aromatic rings. The molecule has 0 aromatic heterocycles. The van der Waals surface area contributed by atoms with E-state index in [4.69, 9.17) is 4.74 Å². The summed E-state index contributed by atoms with van der Waals surface area (Å²) in [7, 11) is 0. The first-order valence-corrected chi connectivity index (χ1v) is 7.60. The molecule has 110 valence electrons. The zero-order chi connectivity index (χ0) is 14.5. The van der Waals surface area contributed by atoms with Crippen LogP contribution in [0.2, 0.25) is 0 Å². The molecule has 1 heterocycles. The summed E-state index contributed by atoms with van der Waals surface area (Å²) in [5.74, 6) is 0.931. The SMILES string of the molecule is CC(Oc1ccc(-c2ccccc2)cc1)N1CCNCC1. The van der Waals surface area contributed by atoms with Crippen molar-refractivity contribution >= 4 is 0 Å². The fraction of sp³-hybridized carbons (Fsp3) is 0.333. The smallest absolute Gasteiger partial charge is 0.149 e. The van der Waals surface area contributed by atoms with E-state index in [2.05, 4.69) is 65.7 Å². The van der Waals surface area contributed by atoms with Crippen molar-refractivity contribution in [2.45, 2.75) is 13.2 Å². The van der Waals surface area contributed by atoms with Crippen LogP contribution in [0.3, 0.4) is 0 Å². The zero-order valence-corrected chi connectivity index (χ0v) is 12.5. The minimum absolute atomic E-state index is 0.120. The number of piperazine rings is 1. The molecule has 2 aromatic carbocycles. The minimum Gasteiger partial charge on any atom is -0.475 e. The maximum absolute atomic E-state index is 6.04. The van der Waals surface area contributed by atoms with Gasteiger partial charge < -0.3 is 10.1 Å². The first-order chi connectivity index (χ1) is 10.3. The van der Waals surface area contributed by atoms with Crippen molar-refractivity contribution in [3.05, 3.63) is 54.6 Å². The Hall–Kier alpha value is -1.84. The Morgan fingerprint density at radius 1 is 0.905 bits per heavy atom.